The third kappa shape index (κ3) is 7.88. The number of methoxy groups -OCH3 is 2. The lowest BCUT2D eigenvalue weighted by atomic mass is 10.1. The molecule has 1 unspecified atom stereocenters. The van der Waals surface area contributed by atoms with Crippen molar-refractivity contribution in [3.63, 3.8) is 0 Å². The molecule has 33 heavy (non-hydrogen) atoms. The molecule has 2 aromatic rings. The van der Waals surface area contributed by atoms with Crippen LogP contribution in [0.25, 0.3) is 0 Å². The fourth-order valence-corrected chi connectivity index (χ4v) is 3.98. The van der Waals surface area contributed by atoms with Gasteiger partial charge in [0.05, 0.1) is 19.1 Å². The van der Waals surface area contributed by atoms with Crippen LogP contribution in [0, 0.1) is 0 Å². The Bertz CT molecular complexity index is 1060. The van der Waals surface area contributed by atoms with E-state index in [-0.39, 0.29) is 11.3 Å². The summed E-state index contributed by atoms with van der Waals surface area (Å²) in [5, 5.41) is 2.45. The number of rotatable bonds is 11. The zero-order valence-electron chi connectivity index (χ0n) is 18.4. The Labute approximate surface area is 192 Å². The molecule has 2 aromatic carbocycles. The van der Waals surface area contributed by atoms with Crippen LogP contribution in [0.4, 0.5) is 0 Å². The standard InChI is InChI=1S/C22H26N2O8S/c1-15(24-33(28,29)18-11-9-17(30-2)10-12-18)21(26)32-14-20(25)23-19(22(27)31-3)13-16-7-5-4-6-8-16/h4-12,15,19,24H,13-14H2,1-3H3,(H,23,25)/t15-,19?/m0/s1. The van der Waals surface area contributed by atoms with Gasteiger partial charge in [-0.05, 0) is 36.8 Å². The molecule has 11 heteroatoms. The quantitative estimate of drug-likeness (QED) is 0.453. The normalized spacial score (nSPS) is 12.8. The van der Waals surface area contributed by atoms with Gasteiger partial charge in [0.2, 0.25) is 10.0 Å². The highest BCUT2D eigenvalue weighted by Crippen LogP contribution is 2.15. The molecule has 0 radical (unpaired) electrons. The molecule has 0 aliphatic heterocycles. The van der Waals surface area contributed by atoms with Gasteiger partial charge in [-0.25, -0.2) is 13.2 Å². The highest BCUT2D eigenvalue weighted by Gasteiger charge is 2.25. The Hall–Kier alpha value is -3.44. The molecular formula is C22H26N2O8S. The molecule has 0 bridgehead atoms. The number of carbonyl (C=O) groups is 3. The van der Waals surface area contributed by atoms with Gasteiger partial charge in [0.15, 0.2) is 6.61 Å². The first-order valence-corrected chi connectivity index (χ1v) is 11.4. The number of benzene rings is 2. The zero-order valence-corrected chi connectivity index (χ0v) is 19.3. The van der Waals surface area contributed by atoms with Crippen molar-refractivity contribution in [2.45, 2.75) is 30.3 Å². The van der Waals surface area contributed by atoms with E-state index in [4.69, 9.17) is 14.2 Å². The predicted molar refractivity (Wildman–Crippen MR) is 118 cm³/mol. The maximum atomic E-state index is 12.4. The number of carbonyl (C=O) groups excluding carboxylic acids is 3. The van der Waals surface area contributed by atoms with E-state index in [9.17, 15) is 22.8 Å². The second kappa shape index (κ2) is 12.0. The molecule has 0 aromatic heterocycles. The average Bonchev–Trinajstić information content (AvgIpc) is 2.81. The van der Waals surface area contributed by atoms with Crippen LogP contribution in [-0.2, 0) is 40.3 Å². The monoisotopic (exact) mass is 478 g/mol. The Morgan fingerprint density at radius 1 is 0.939 bits per heavy atom. The summed E-state index contributed by atoms with van der Waals surface area (Å²) in [6, 6.07) is 12.3. The fourth-order valence-electron chi connectivity index (χ4n) is 2.79. The van der Waals surface area contributed by atoms with Crippen molar-refractivity contribution < 1.29 is 37.0 Å². The van der Waals surface area contributed by atoms with E-state index in [2.05, 4.69) is 10.0 Å². The van der Waals surface area contributed by atoms with Gasteiger partial charge in [0, 0.05) is 6.42 Å². The zero-order chi connectivity index (χ0) is 24.4. The van der Waals surface area contributed by atoms with Crippen molar-refractivity contribution in [2.75, 3.05) is 20.8 Å². The average molecular weight is 479 g/mol. The molecule has 0 heterocycles. The molecular weight excluding hydrogens is 452 g/mol. The van der Waals surface area contributed by atoms with Gasteiger partial charge in [-0.3, -0.25) is 9.59 Å². The van der Waals surface area contributed by atoms with Crippen LogP contribution in [0.2, 0.25) is 0 Å². The van der Waals surface area contributed by atoms with Crippen molar-refractivity contribution in [3.05, 3.63) is 60.2 Å². The lowest BCUT2D eigenvalue weighted by molar-refractivity contribution is -0.151. The van der Waals surface area contributed by atoms with E-state index in [0.29, 0.717) is 5.75 Å². The van der Waals surface area contributed by atoms with E-state index in [0.717, 1.165) is 5.56 Å². The summed E-state index contributed by atoms with van der Waals surface area (Å²) in [5.74, 6) is -1.87. The topological polar surface area (TPSA) is 137 Å². The number of amides is 1. The first kappa shape index (κ1) is 25.8. The van der Waals surface area contributed by atoms with Gasteiger partial charge in [0.1, 0.15) is 17.8 Å². The molecule has 1 amide bonds. The largest absolute Gasteiger partial charge is 0.497 e. The molecule has 0 saturated heterocycles. The highest BCUT2D eigenvalue weighted by atomic mass is 32.2. The van der Waals surface area contributed by atoms with Gasteiger partial charge in [-0.15, -0.1) is 0 Å². The molecule has 178 valence electrons. The molecule has 0 spiro atoms. The molecule has 0 saturated carbocycles. The SMILES string of the molecule is COC(=O)C(Cc1ccccc1)NC(=O)COC(=O)[C@H](C)NS(=O)(=O)c1ccc(OC)cc1. The first-order valence-electron chi connectivity index (χ1n) is 9.90. The molecule has 0 aliphatic carbocycles. The molecule has 0 aliphatic rings. The van der Waals surface area contributed by atoms with Crippen molar-refractivity contribution in [2.24, 2.45) is 0 Å². The maximum absolute atomic E-state index is 12.4. The third-order valence-corrected chi connectivity index (χ3v) is 6.06. The number of nitrogens with one attached hydrogen (secondary N) is 2. The Balaban J connectivity index is 1.90. The number of hydrogen-bond acceptors (Lipinski definition) is 8. The molecule has 2 atom stereocenters. The molecule has 2 rings (SSSR count). The van der Waals surface area contributed by atoms with E-state index >= 15 is 0 Å². The van der Waals surface area contributed by atoms with E-state index < -0.39 is 46.6 Å². The lowest BCUT2D eigenvalue weighted by Crippen LogP contribution is -2.46. The highest BCUT2D eigenvalue weighted by molar-refractivity contribution is 7.89. The number of esters is 2. The van der Waals surface area contributed by atoms with Gasteiger partial charge in [-0.1, -0.05) is 30.3 Å². The molecule has 2 N–H and O–H groups in total. The minimum absolute atomic E-state index is 0.0671. The van der Waals surface area contributed by atoms with E-state index in [1.54, 1.807) is 24.3 Å². The minimum Gasteiger partial charge on any atom is -0.497 e. The fraction of sp³-hybridized carbons (Fsp3) is 0.318. The van der Waals surface area contributed by atoms with Gasteiger partial charge in [-0.2, -0.15) is 4.72 Å². The van der Waals surface area contributed by atoms with Crippen LogP contribution in [0.3, 0.4) is 0 Å². The van der Waals surface area contributed by atoms with E-state index in [1.165, 1.54) is 45.4 Å². The number of sulfonamides is 1. The van der Waals surface area contributed by atoms with Crippen LogP contribution >= 0.6 is 0 Å². The second-order valence-corrected chi connectivity index (χ2v) is 8.67. The van der Waals surface area contributed by atoms with Crippen LogP contribution < -0.4 is 14.8 Å². The van der Waals surface area contributed by atoms with Gasteiger partial charge in [0.25, 0.3) is 5.91 Å². The first-order chi connectivity index (χ1) is 15.7. The summed E-state index contributed by atoms with van der Waals surface area (Å²) >= 11 is 0. The minimum atomic E-state index is -4.00. The van der Waals surface area contributed by atoms with Crippen molar-refractivity contribution in [3.8, 4) is 5.75 Å². The van der Waals surface area contributed by atoms with Crippen LogP contribution in [0.15, 0.2) is 59.5 Å². The van der Waals surface area contributed by atoms with E-state index in [1.807, 2.05) is 6.07 Å². The van der Waals surface area contributed by atoms with Crippen molar-refractivity contribution in [1.29, 1.82) is 0 Å². The number of hydrogen-bond donors (Lipinski definition) is 2. The van der Waals surface area contributed by atoms with Crippen LogP contribution in [0.5, 0.6) is 5.75 Å². The smallest absolute Gasteiger partial charge is 0.328 e. The summed E-state index contributed by atoms with van der Waals surface area (Å²) in [4.78, 5) is 36.3. The predicted octanol–water partition coefficient (Wildman–Crippen LogP) is 0.806. The van der Waals surface area contributed by atoms with Crippen LogP contribution in [-0.4, -0.2) is 59.2 Å². The summed E-state index contributed by atoms with van der Waals surface area (Å²) in [6.07, 6.45) is 0.186. The van der Waals surface area contributed by atoms with Gasteiger partial charge >= 0.3 is 11.9 Å². The Morgan fingerprint density at radius 2 is 1.58 bits per heavy atom. The third-order valence-electron chi connectivity index (χ3n) is 4.50. The molecule has 10 nitrogen and oxygen atoms in total. The molecule has 0 fully saturated rings. The Morgan fingerprint density at radius 3 is 2.15 bits per heavy atom. The summed E-state index contributed by atoms with van der Waals surface area (Å²) in [6.45, 7) is 0.587. The summed E-state index contributed by atoms with van der Waals surface area (Å²) in [5.41, 5.74) is 0.798. The van der Waals surface area contributed by atoms with Gasteiger partial charge < -0.3 is 19.5 Å². The van der Waals surface area contributed by atoms with Crippen LogP contribution in [0.1, 0.15) is 12.5 Å². The van der Waals surface area contributed by atoms with Crippen molar-refractivity contribution >= 4 is 27.9 Å². The Kier molecular flexibility index (Phi) is 9.37. The second-order valence-electron chi connectivity index (χ2n) is 6.96. The summed E-state index contributed by atoms with van der Waals surface area (Å²) < 4.78 is 41.6. The maximum Gasteiger partial charge on any atom is 0.328 e. The lowest BCUT2D eigenvalue weighted by Gasteiger charge is -2.17. The summed E-state index contributed by atoms with van der Waals surface area (Å²) in [7, 11) is -1.36. The number of ether oxygens (including phenoxy) is 3. The van der Waals surface area contributed by atoms with Crippen molar-refractivity contribution in [1.82, 2.24) is 10.0 Å².